The Labute approximate surface area is 201 Å². The van der Waals surface area contributed by atoms with E-state index in [0.29, 0.717) is 23.0 Å². The molecule has 9 nitrogen and oxygen atoms in total. The lowest BCUT2D eigenvalue weighted by Crippen LogP contribution is -2.06. The van der Waals surface area contributed by atoms with Crippen molar-refractivity contribution in [3.63, 3.8) is 0 Å². The molecule has 0 atom stereocenters. The normalized spacial score (nSPS) is 10.8. The van der Waals surface area contributed by atoms with Crippen LogP contribution in [0.15, 0.2) is 85.8 Å². The maximum atomic E-state index is 11.6. The minimum absolute atomic E-state index is 0.267. The monoisotopic (exact) mass is 463 g/mol. The number of hydrogen-bond donors (Lipinski definition) is 2. The highest BCUT2D eigenvalue weighted by Gasteiger charge is 2.19. The molecule has 0 fully saturated rings. The molecule has 0 unspecified atom stereocenters. The van der Waals surface area contributed by atoms with Crippen LogP contribution in [0.5, 0.6) is 11.8 Å². The fraction of sp³-hybridized carbons (Fsp3) is 0.0385. The van der Waals surface area contributed by atoms with Crippen LogP contribution in [0.2, 0.25) is 0 Å². The number of fused-ring (bicyclic) bond motifs is 1. The number of nitrogens with zero attached hydrogens (tertiary/aromatic N) is 5. The van der Waals surface area contributed by atoms with Crippen LogP contribution in [-0.4, -0.2) is 30.2 Å². The molecule has 35 heavy (non-hydrogen) atoms. The number of nitrogens with one attached hydrogen (secondary N) is 1. The van der Waals surface area contributed by atoms with E-state index < -0.39 is 0 Å². The summed E-state index contributed by atoms with van der Waals surface area (Å²) < 4.78 is 7.57. The van der Waals surface area contributed by atoms with Crippen molar-refractivity contribution in [2.45, 2.75) is 6.92 Å². The molecule has 2 aromatic carbocycles. The lowest BCUT2D eigenvalue weighted by atomic mass is 10.0. The fourth-order valence-electron chi connectivity index (χ4n) is 3.68. The zero-order valence-electron chi connectivity index (χ0n) is 18.8. The van der Waals surface area contributed by atoms with E-state index in [1.165, 1.54) is 6.08 Å². The number of rotatable bonds is 6. The highest BCUT2D eigenvalue weighted by atomic mass is 16.5. The Kier molecular flexibility index (Phi) is 5.64. The maximum Gasteiger partial charge on any atom is 0.321 e. The number of hydrogen-bond acceptors (Lipinski definition) is 7. The summed E-state index contributed by atoms with van der Waals surface area (Å²) in [6, 6.07) is 16.9. The van der Waals surface area contributed by atoms with Crippen LogP contribution in [-0.2, 0) is 4.79 Å². The van der Waals surface area contributed by atoms with Crippen molar-refractivity contribution < 1.29 is 9.53 Å². The Balaban J connectivity index is 1.59. The lowest BCUT2D eigenvalue weighted by molar-refractivity contribution is -0.111. The van der Waals surface area contributed by atoms with Gasteiger partial charge in [-0.1, -0.05) is 18.7 Å². The summed E-state index contributed by atoms with van der Waals surface area (Å²) in [5.41, 5.74) is 11.8. The maximum absolute atomic E-state index is 11.6. The molecule has 3 N–H and O–H groups in total. The third-order valence-corrected chi connectivity index (χ3v) is 5.34. The molecule has 0 saturated heterocycles. The molecule has 1 amide bonds. The van der Waals surface area contributed by atoms with E-state index in [-0.39, 0.29) is 11.9 Å². The molecule has 0 spiro atoms. The number of nitrogen functional groups attached to an aromatic ring is 1. The summed E-state index contributed by atoms with van der Waals surface area (Å²) in [6.07, 6.45) is 6.17. The van der Waals surface area contributed by atoms with Crippen LogP contribution in [0.4, 0.5) is 11.6 Å². The van der Waals surface area contributed by atoms with Gasteiger partial charge in [0.1, 0.15) is 11.4 Å². The van der Waals surface area contributed by atoms with Crippen LogP contribution in [0.3, 0.4) is 0 Å². The van der Waals surface area contributed by atoms with Crippen molar-refractivity contribution in [1.82, 2.24) is 24.3 Å². The van der Waals surface area contributed by atoms with E-state index in [1.807, 2.05) is 59.9 Å². The minimum Gasteiger partial charge on any atom is -0.424 e. The smallest absolute Gasteiger partial charge is 0.321 e. The van der Waals surface area contributed by atoms with Gasteiger partial charge in [0.2, 0.25) is 11.9 Å². The van der Waals surface area contributed by atoms with Crippen LogP contribution in [0.1, 0.15) is 5.56 Å². The molecule has 172 valence electrons. The van der Waals surface area contributed by atoms with Crippen molar-refractivity contribution in [2.75, 3.05) is 11.1 Å². The summed E-state index contributed by atoms with van der Waals surface area (Å²) in [5, 5.41) is 2.75. The molecule has 0 bridgehead atoms. The highest BCUT2D eigenvalue weighted by Crippen LogP contribution is 2.36. The topological polar surface area (TPSA) is 120 Å². The molecule has 3 aromatic heterocycles. The van der Waals surface area contributed by atoms with Crippen molar-refractivity contribution in [2.24, 2.45) is 0 Å². The van der Waals surface area contributed by atoms with Crippen molar-refractivity contribution in [1.29, 1.82) is 0 Å². The molecule has 0 aliphatic carbocycles. The second-order valence-corrected chi connectivity index (χ2v) is 7.70. The zero-order valence-corrected chi connectivity index (χ0v) is 18.8. The standard InChI is InChI=1S/C26H21N7O2/c1-3-21(34)31-19-9-5-17(6-10-19)22-23(33-24(32-22)16(2)15-30-25(33)27)18-7-11-20(12-8-18)35-26-28-13-4-14-29-26/h3-15H,1H2,2H3,(H2,27,30)(H,31,34). The quantitative estimate of drug-likeness (QED) is 0.351. The predicted octanol–water partition coefficient (Wildman–Crippen LogP) is 4.66. The summed E-state index contributed by atoms with van der Waals surface area (Å²) in [7, 11) is 0. The molecular formula is C26H21N7O2. The Hall–Kier alpha value is -5.05. The molecule has 5 aromatic rings. The number of carbonyl (C=O) groups excluding carboxylic acids is 1. The molecule has 0 aliphatic heterocycles. The van der Waals surface area contributed by atoms with Crippen LogP contribution in [0.25, 0.3) is 28.2 Å². The van der Waals surface area contributed by atoms with Gasteiger partial charge in [-0.2, -0.15) is 0 Å². The first-order chi connectivity index (χ1) is 17.0. The number of ether oxygens (including phenoxy) is 1. The Bertz CT molecular complexity index is 1530. The molecule has 0 radical (unpaired) electrons. The summed E-state index contributed by atoms with van der Waals surface area (Å²) in [5.74, 6) is 0.649. The van der Waals surface area contributed by atoms with Gasteiger partial charge in [-0.3, -0.25) is 9.20 Å². The first kappa shape index (κ1) is 21.8. The Morgan fingerprint density at radius 3 is 2.40 bits per heavy atom. The third kappa shape index (κ3) is 4.30. The lowest BCUT2D eigenvalue weighted by Gasteiger charge is -2.10. The fourth-order valence-corrected chi connectivity index (χ4v) is 3.68. The largest absolute Gasteiger partial charge is 0.424 e. The van der Waals surface area contributed by atoms with Crippen molar-refractivity contribution in [3.8, 4) is 34.3 Å². The first-order valence-corrected chi connectivity index (χ1v) is 10.8. The second-order valence-electron chi connectivity index (χ2n) is 7.70. The van der Waals surface area contributed by atoms with Gasteiger partial charge in [0.25, 0.3) is 0 Å². The van der Waals surface area contributed by atoms with Crippen LogP contribution < -0.4 is 15.8 Å². The van der Waals surface area contributed by atoms with E-state index in [0.717, 1.165) is 28.1 Å². The van der Waals surface area contributed by atoms with Crippen molar-refractivity contribution >= 4 is 23.2 Å². The second kappa shape index (κ2) is 9.06. The van der Waals surface area contributed by atoms with E-state index in [1.54, 1.807) is 24.7 Å². The zero-order chi connectivity index (χ0) is 24.4. The number of benzene rings is 2. The minimum atomic E-state index is -0.274. The number of anilines is 2. The predicted molar refractivity (Wildman–Crippen MR) is 134 cm³/mol. The summed E-state index contributed by atoms with van der Waals surface area (Å²) in [6.45, 7) is 5.42. The molecule has 5 rings (SSSR count). The number of aromatic nitrogens is 5. The molecule has 9 heteroatoms. The number of aryl methyl sites for hydroxylation is 1. The highest BCUT2D eigenvalue weighted by molar-refractivity contribution is 5.99. The van der Waals surface area contributed by atoms with E-state index in [2.05, 4.69) is 26.8 Å². The number of imidazole rings is 1. The van der Waals surface area contributed by atoms with Gasteiger partial charge < -0.3 is 15.8 Å². The van der Waals surface area contributed by atoms with Gasteiger partial charge in [-0.15, -0.1) is 0 Å². The van der Waals surface area contributed by atoms with Gasteiger partial charge in [-0.25, -0.2) is 19.9 Å². The average molecular weight is 464 g/mol. The molecule has 3 heterocycles. The van der Waals surface area contributed by atoms with Gasteiger partial charge in [0.15, 0.2) is 0 Å². The van der Waals surface area contributed by atoms with Crippen LogP contribution in [0, 0.1) is 6.92 Å². The number of carbonyl (C=O) groups is 1. The third-order valence-electron chi connectivity index (χ3n) is 5.34. The SMILES string of the molecule is C=CC(=O)Nc1ccc(-c2nc3c(C)cnc(N)n3c2-c2ccc(Oc3ncccn3)cc2)cc1. The first-order valence-electron chi connectivity index (χ1n) is 10.8. The van der Waals surface area contributed by atoms with Gasteiger partial charge >= 0.3 is 6.01 Å². The van der Waals surface area contributed by atoms with E-state index in [9.17, 15) is 4.79 Å². The summed E-state index contributed by atoms with van der Waals surface area (Å²) >= 11 is 0. The Morgan fingerprint density at radius 1 is 1.03 bits per heavy atom. The van der Waals surface area contributed by atoms with Crippen molar-refractivity contribution in [3.05, 3.63) is 91.4 Å². The van der Waals surface area contributed by atoms with E-state index >= 15 is 0 Å². The summed E-state index contributed by atoms with van der Waals surface area (Å²) in [4.78, 5) is 29.0. The van der Waals surface area contributed by atoms with E-state index in [4.69, 9.17) is 15.5 Å². The number of nitrogens with two attached hydrogens (primary N) is 1. The van der Waals surface area contributed by atoms with Gasteiger partial charge in [0.05, 0.1) is 11.4 Å². The van der Waals surface area contributed by atoms with Crippen LogP contribution >= 0.6 is 0 Å². The molecule has 0 aliphatic rings. The molecular weight excluding hydrogens is 442 g/mol. The van der Waals surface area contributed by atoms with Gasteiger partial charge in [-0.05, 0) is 55.5 Å². The molecule has 0 saturated carbocycles. The van der Waals surface area contributed by atoms with Gasteiger partial charge in [0, 0.05) is 41.0 Å². The Morgan fingerprint density at radius 2 is 1.71 bits per heavy atom. The number of amides is 1. The average Bonchev–Trinajstić information content (AvgIpc) is 3.30.